The lowest BCUT2D eigenvalue weighted by molar-refractivity contribution is 0.592. The molecule has 0 saturated carbocycles. The SMILES string of the molecule is FC1=CC=CCC1Cl. The quantitative estimate of drug-likeness (QED) is 0.444. The lowest BCUT2D eigenvalue weighted by Gasteiger charge is -2.04. The molecule has 1 aliphatic rings. The van der Waals surface area contributed by atoms with Gasteiger partial charge in [0, 0.05) is 0 Å². The van der Waals surface area contributed by atoms with E-state index < -0.39 is 5.38 Å². The molecule has 0 aromatic rings. The fraction of sp³-hybridized carbons (Fsp3) is 0.333. The summed E-state index contributed by atoms with van der Waals surface area (Å²) in [6, 6.07) is 0. The molecule has 0 fully saturated rings. The molecule has 0 saturated heterocycles. The van der Waals surface area contributed by atoms with Crippen molar-refractivity contribution >= 4 is 11.6 Å². The Morgan fingerprint density at radius 3 is 2.88 bits per heavy atom. The molecule has 0 aromatic carbocycles. The van der Waals surface area contributed by atoms with Crippen LogP contribution in [0, 0.1) is 0 Å². The van der Waals surface area contributed by atoms with E-state index in [-0.39, 0.29) is 5.83 Å². The summed E-state index contributed by atoms with van der Waals surface area (Å²) >= 11 is 5.47. The molecule has 0 heterocycles. The van der Waals surface area contributed by atoms with Crippen molar-refractivity contribution in [1.82, 2.24) is 0 Å². The van der Waals surface area contributed by atoms with Crippen molar-refractivity contribution in [1.29, 1.82) is 0 Å². The number of hydrogen-bond donors (Lipinski definition) is 0. The number of halogens is 2. The molecule has 0 aromatic heterocycles. The fourth-order valence-electron chi connectivity index (χ4n) is 0.575. The predicted molar refractivity (Wildman–Crippen MR) is 32.6 cm³/mol. The van der Waals surface area contributed by atoms with E-state index in [1.807, 2.05) is 6.08 Å². The van der Waals surface area contributed by atoms with E-state index in [4.69, 9.17) is 11.6 Å². The van der Waals surface area contributed by atoms with Crippen molar-refractivity contribution in [3.05, 3.63) is 24.1 Å². The number of rotatable bonds is 0. The van der Waals surface area contributed by atoms with Crippen LogP contribution in [0.25, 0.3) is 0 Å². The van der Waals surface area contributed by atoms with E-state index in [9.17, 15) is 4.39 Å². The third-order valence-electron chi connectivity index (χ3n) is 1.03. The summed E-state index contributed by atoms with van der Waals surface area (Å²) in [6.07, 6.45) is 5.53. The highest BCUT2D eigenvalue weighted by Crippen LogP contribution is 2.18. The molecule has 0 radical (unpaired) electrons. The molecule has 1 unspecified atom stereocenters. The molecule has 8 heavy (non-hydrogen) atoms. The summed E-state index contributed by atoms with van der Waals surface area (Å²) in [6.45, 7) is 0. The summed E-state index contributed by atoms with van der Waals surface area (Å²) in [5.41, 5.74) is 0. The molecular weight excluding hydrogens is 127 g/mol. The maximum atomic E-state index is 12.3. The zero-order valence-corrected chi connectivity index (χ0v) is 5.03. The second kappa shape index (κ2) is 2.31. The minimum Gasteiger partial charge on any atom is -0.210 e. The highest BCUT2D eigenvalue weighted by atomic mass is 35.5. The third kappa shape index (κ3) is 1.10. The van der Waals surface area contributed by atoms with E-state index in [0.29, 0.717) is 6.42 Å². The molecule has 0 N–H and O–H groups in total. The van der Waals surface area contributed by atoms with E-state index in [2.05, 4.69) is 0 Å². The van der Waals surface area contributed by atoms with Crippen LogP contribution in [0.5, 0.6) is 0 Å². The first-order valence-corrected chi connectivity index (χ1v) is 2.90. The van der Waals surface area contributed by atoms with Crippen LogP contribution in [0.4, 0.5) is 4.39 Å². The van der Waals surface area contributed by atoms with Gasteiger partial charge in [-0.1, -0.05) is 12.2 Å². The van der Waals surface area contributed by atoms with Crippen molar-refractivity contribution in [3.63, 3.8) is 0 Å². The molecule has 2 heteroatoms. The van der Waals surface area contributed by atoms with Gasteiger partial charge in [-0.05, 0) is 12.5 Å². The summed E-state index contributed by atoms with van der Waals surface area (Å²) in [4.78, 5) is 0. The minimum absolute atomic E-state index is 0.228. The largest absolute Gasteiger partial charge is 0.210 e. The van der Waals surface area contributed by atoms with Crippen LogP contribution in [-0.4, -0.2) is 5.38 Å². The van der Waals surface area contributed by atoms with Gasteiger partial charge >= 0.3 is 0 Å². The Morgan fingerprint density at radius 1 is 1.75 bits per heavy atom. The Bertz CT molecular complexity index is 137. The molecule has 0 nitrogen and oxygen atoms in total. The van der Waals surface area contributed by atoms with Gasteiger partial charge < -0.3 is 0 Å². The Kier molecular flexibility index (Phi) is 1.69. The maximum absolute atomic E-state index is 12.3. The summed E-state index contributed by atoms with van der Waals surface area (Å²) in [5, 5.41) is -0.417. The molecule has 0 bridgehead atoms. The predicted octanol–water partition coefficient (Wildman–Crippen LogP) is 2.41. The molecule has 0 amide bonds. The molecule has 1 rings (SSSR count). The van der Waals surface area contributed by atoms with Crippen LogP contribution in [0.3, 0.4) is 0 Å². The molecule has 44 valence electrons. The molecule has 0 spiro atoms. The van der Waals surface area contributed by atoms with Crippen molar-refractivity contribution in [2.45, 2.75) is 11.8 Å². The monoisotopic (exact) mass is 132 g/mol. The average molecular weight is 133 g/mol. The first kappa shape index (κ1) is 5.83. The normalized spacial score (nSPS) is 27.8. The van der Waals surface area contributed by atoms with E-state index in [1.165, 1.54) is 6.08 Å². The second-order valence-electron chi connectivity index (χ2n) is 1.68. The van der Waals surface area contributed by atoms with Crippen LogP contribution in [0.2, 0.25) is 0 Å². The number of alkyl halides is 1. The van der Waals surface area contributed by atoms with Crippen LogP contribution in [0.1, 0.15) is 6.42 Å². The van der Waals surface area contributed by atoms with Gasteiger partial charge in [-0.25, -0.2) is 4.39 Å². The van der Waals surface area contributed by atoms with Gasteiger partial charge in [0.05, 0.1) is 5.38 Å². The van der Waals surface area contributed by atoms with Gasteiger partial charge in [-0.15, -0.1) is 11.6 Å². The zero-order valence-electron chi connectivity index (χ0n) is 4.27. The van der Waals surface area contributed by atoms with Crippen LogP contribution < -0.4 is 0 Å². The first-order chi connectivity index (χ1) is 3.80. The third-order valence-corrected chi connectivity index (χ3v) is 1.42. The van der Waals surface area contributed by atoms with Gasteiger partial charge in [-0.3, -0.25) is 0 Å². The van der Waals surface area contributed by atoms with Crippen molar-refractivity contribution in [2.24, 2.45) is 0 Å². The van der Waals surface area contributed by atoms with E-state index >= 15 is 0 Å². The summed E-state index contributed by atoms with van der Waals surface area (Å²) < 4.78 is 12.3. The maximum Gasteiger partial charge on any atom is 0.118 e. The van der Waals surface area contributed by atoms with Gasteiger partial charge in [-0.2, -0.15) is 0 Å². The number of hydrogen-bond acceptors (Lipinski definition) is 0. The Labute approximate surface area is 52.6 Å². The molecule has 1 atom stereocenters. The number of allylic oxidation sites excluding steroid dienone is 4. The Balaban J connectivity index is 2.66. The van der Waals surface area contributed by atoms with Crippen LogP contribution in [0.15, 0.2) is 24.1 Å². The summed E-state index contributed by atoms with van der Waals surface area (Å²) in [5.74, 6) is -0.228. The van der Waals surface area contributed by atoms with E-state index in [1.54, 1.807) is 6.08 Å². The first-order valence-electron chi connectivity index (χ1n) is 2.47. The van der Waals surface area contributed by atoms with Crippen molar-refractivity contribution in [3.8, 4) is 0 Å². The van der Waals surface area contributed by atoms with Gasteiger partial charge in [0.15, 0.2) is 0 Å². The van der Waals surface area contributed by atoms with Gasteiger partial charge in [0.2, 0.25) is 0 Å². The highest BCUT2D eigenvalue weighted by Gasteiger charge is 2.09. The fourth-order valence-corrected chi connectivity index (χ4v) is 0.751. The Hall–Kier alpha value is -0.300. The summed E-state index contributed by atoms with van der Waals surface area (Å²) in [7, 11) is 0. The molecule has 1 aliphatic carbocycles. The average Bonchev–Trinajstić information content (AvgIpc) is 1.77. The molecular formula is C6H6ClF. The standard InChI is InChI=1S/C6H6ClF/c7-5-3-1-2-4-6(5)8/h1-2,4-5H,3H2. The zero-order chi connectivity index (χ0) is 5.98. The highest BCUT2D eigenvalue weighted by molar-refractivity contribution is 6.22. The van der Waals surface area contributed by atoms with Crippen LogP contribution >= 0.6 is 11.6 Å². The van der Waals surface area contributed by atoms with E-state index in [0.717, 1.165) is 0 Å². The van der Waals surface area contributed by atoms with Crippen molar-refractivity contribution in [2.75, 3.05) is 0 Å². The van der Waals surface area contributed by atoms with Crippen molar-refractivity contribution < 1.29 is 4.39 Å². The second-order valence-corrected chi connectivity index (χ2v) is 2.21. The Morgan fingerprint density at radius 2 is 2.50 bits per heavy atom. The minimum atomic E-state index is -0.417. The molecule has 0 aliphatic heterocycles. The smallest absolute Gasteiger partial charge is 0.118 e. The lowest BCUT2D eigenvalue weighted by atomic mass is 10.2. The van der Waals surface area contributed by atoms with Crippen LogP contribution in [-0.2, 0) is 0 Å². The lowest BCUT2D eigenvalue weighted by Crippen LogP contribution is -1.98. The van der Waals surface area contributed by atoms with Gasteiger partial charge in [0.1, 0.15) is 5.83 Å². The topological polar surface area (TPSA) is 0 Å². The van der Waals surface area contributed by atoms with Gasteiger partial charge in [0.25, 0.3) is 0 Å².